The molecule has 0 aliphatic carbocycles. The smallest absolute Gasteiger partial charge is 0.480 e. The molecule has 0 saturated heterocycles. The first-order valence-corrected chi connectivity index (χ1v) is 13.1. The first-order valence-electron chi connectivity index (χ1n) is 13.1. The minimum absolute atomic E-state index is 0.00542. The molecule has 0 saturated carbocycles. The van der Waals surface area contributed by atoms with Gasteiger partial charge in [-0.3, -0.25) is 14.4 Å². The molecule has 0 heterocycles. The Bertz CT molecular complexity index is 962. The van der Waals surface area contributed by atoms with E-state index in [4.69, 9.17) is 24.7 Å². The van der Waals surface area contributed by atoms with Gasteiger partial charge in [0.05, 0.1) is 6.10 Å². The molecule has 0 spiro atoms. The highest BCUT2D eigenvalue weighted by atomic mass is 16.7. The van der Waals surface area contributed by atoms with Crippen LogP contribution in [0.25, 0.3) is 0 Å². The lowest BCUT2D eigenvalue weighted by atomic mass is 9.86. The van der Waals surface area contributed by atoms with Crippen LogP contribution in [0.3, 0.4) is 0 Å². The quantitative estimate of drug-likeness (QED) is 0.230. The van der Waals surface area contributed by atoms with Crippen LogP contribution in [0.15, 0.2) is 18.2 Å². The summed E-state index contributed by atoms with van der Waals surface area (Å²) in [7, 11) is 0. The van der Waals surface area contributed by atoms with E-state index in [1.807, 2.05) is 27.7 Å². The van der Waals surface area contributed by atoms with Crippen LogP contribution < -0.4 is 15.2 Å². The molecule has 3 N–H and O–H groups in total. The van der Waals surface area contributed by atoms with E-state index in [1.54, 1.807) is 19.9 Å². The molecule has 3 unspecified atom stereocenters. The summed E-state index contributed by atoms with van der Waals surface area (Å²) < 4.78 is 21.1. The van der Waals surface area contributed by atoms with Gasteiger partial charge in [0.2, 0.25) is 0 Å². The Hall–Kier alpha value is -3.14. The lowest BCUT2D eigenvalue weighted by Gasteiger charge is -2.28. The van der Waals surface area contributed by atoms with E-state index in [2.05, 4.69) is 0 Å². The molecule has 4 atom stereocenters. The summed E-state index contributed by atoms with van der Waals surface area (Å²) in [6.45, 7) is 12.6. The fourth-order valence-electron chi connectivity index (χ4n) is 3.55. The van der Waals surface area contributed by atoms with Crippen molar-refractivity contribution in [2.24, 2.45) is 17.6 Å². The molecule has 214 valence electrons. The number of rotatable bonds is 15. The standard InChI is InChI=1S/C28H43NO9/c1-8-18(5)12-24(30)37-22-11-10-21(14-23(22)38-25(31)13-19(6)9-2)16-28(29,26(32)33)15-20(7)36-27(34)35-17(3)4/h10-11,14,17-20H,8-9,12-13,15-16,29H2,1-7H3,(H,32,33)/t18?,19?,20-,28?/m0/s1. The van der Waals surface area contributed by atoms with E-state index >= 15 is 0 Å². The molecular formula is C28H43NO9. The SMILES string of the molecule is CCC(C)CC(=O)Oc1ccc(CC(N)(C[C@H](C)OC(=O)OC(C)C)C(=O)O)cc1OC(=O)CC(C)CC. The first kappa shape index (κ1) is 32.9. The lowest BCUT2D eigenvalue weighted by Crippen LogP contribution is -2.52. The molecule has 1 aromatic rings. The third-order valence-corrected chi connectivity index (χ3v) is 6.11. The number of carbonyl (C=O) groups is 4. The minimum Gasteiger partial charge on any atom is -0.480 e. The normalized spacial score (nSPS) is 15.1. The highest BCUT2D eigenvalue weighted by molar-refractivity contribution is 5.79. The van der Waals surface area contributed by atoms with E-state index in [-0.39, 0.29) is 49.0 Å². The van der Waals surface area contributed by atoms with Gasteiger partial charge < -0.3 is 29.8 Å². The average molecular weight is 538 g/mol. The minimum atomic E-state index is -1.82. The number of carboxylic acid groups (broad SMARTS) is 1. The Morgan fingerprint density at radius 1 is 0.868 bits per heavy atom. The number of benzene rings is 1. The summed E-state index contributed by atoms with van der Waals surface area (Å²) in [5.41, 5.74) is 4.87. The van der Waals surface area contributed by atoms with Crippen molar-refractivity contribution in [2.45, 2.75) is 105 Å². The van der Waals surface area contributed by atoms with Gasteiger partial charge in [-0.2, -0.15) is 0 Å². The monoisotopic (exact) mass is 537 g/mol. The van der Waals surface area contributed by atoms with Crippen LogP contribution in [0.5, 0.6) is 11.5 Å². The maximum atomic E-state index is 12.5. The van der Waals surface area contributed by atoms with Crippen molar-refractivity contribution in [3.05, 3.63) is 23.8 Å². The molecule has 10 nitrogen and oxygen atoms in total. The molecule has 0 aliphatic heterocycles. The zero-order chi connectivity index (χ0) is 29.0. The molecule has 0 fully saturated rings. The Morgan fingerprint density at radius 3 is 1.87 bits per heavy atom. The average Bonchev–Trinajstić information content (AvgIpc) is 2.79. The van der Waals surface area contributed by atoms with Crippen LogP contribution in [-0.2, 0) is 30.3 Å². The predicted octanol–water partition coefficient (Wildman–Crippen LogP) is 5.03. The molecule has 38 heavy (non-hydrogen) atoms. The summed E-state index contributed by atoms with van der Waals surface area (Å²) in [6.07, 6.45) is -0.595. The third kappa shape index (κ3) is 11.5. The molecule has 0 aliphatic rings. The fourth-order valence-corrected chi connectivity index (χ4v) is 3.55. The van der Waals surface area contributed by atoms with E-state index in [9.17, 15) is 24.3 Å². The second-order valence-electron chi connectivity index (χ2n) is 10.4. The van der Waals surface area contributed by atoms with Crippen LogP contribution in [0.4, 0.5) is 4.79 Å². The van der Waals surface area contributed by atoms with Gasteiger partial charge in [0.15, 0.2) is 11.5 Å². The third-order valence-electron chi connectivity index (χ3n) is 6.11. The van der Waals surface area contributed by atoms with E-state index in [1.165, 1.54) is 19.1 Å². The van der Waals surface area contributed by atoms with Crippen LogP contribution in [0.1, 0.15) is 86.1 Å². The van der Waals surface area contributed by atoms with Crippen molar-refractivity contribution >= 4 is 24.1 Å². The Labute approximate surface area is 225 Å². The van der Waals surface area contributed by atoms with Crippen LogP contribution >= 0.6 is 0 Å². The highest BCUT2D eigenvalue weighted by Gasteiger charge is 2.37. The molecule has 0 aromatic heterocycles. The predicted molar refractivity (Wildman–Crippen MR) is 141 cm³/mol. The van der Waals surface area contributed by atoms with Crippen molar-refractivity contribution in [1.29, 1.82) is 0 Å². The van der Waals surface area contributed by atoms with Gasteiger partial charge in [0.1, 0.15) is 11.6 Å². The number of nitrogens with two attached hydrogens (primary N) is 1. The van der Waals surface area contributed by atoms with Crippen molar-refractivity contribution < 1.29 is 43.2 Å². The summed E-state index contributed by atoms with van der Waals surface area (Å²) >= 11 is 0. The number of hydrogen-bond acceptors (Lipinski definition) is 9. The molecular weight excluding hydrogens is 494 g/mol. The van der Waals surface area contributed by atoms with E-state index < -0.39 is 41.8 Å². The number of aliphatic carboxylic acids is 1. The van der Waals surface area contributed by atoms with E-state index in [0.717, 1.165) is 12.8 Å². The van der Waals surface area contributed by atoms with Crippen molar-refractivity contribution in [3.63, 3.8) is 0 Å². The Morgan fingerprint density at radius 2 is 1.39 bits per heavy atom. The van der Waals surface area contributed by atoms with E-state index in [0.29, 0.717) is 5.56 Å². The number of hydrogen-bond donors (Lipinski definition) is 2. The van der Waals surface area contributed by atoms with Gasteiger partial charge in [-0.1, -0.05) is 46.6 Å². The summed E-state index contributed by atoms with van der Waals surface area (Å²) in [4.78, 5) is 48.9. The highest BCUT2D eigenvalue weighted by Crippen LogP contribution is 2.32. The molecule has 0 bridgehead atoms. The topological polar surface area (TPSA) is 151 Å². The Balaban J connectivity index is 3.19. The van der Waals surface area contributed by atoms with Crippen molar-refractivity contribution in [3.8, 4) is 11.5 Å². The number of ether oxygens (including phenoxy) is 4. The van der Waals surface area contributed by atoms with Gasteiger partial charge in [0.25, 0.3) is 0 Å². The van der Waals surface area contributed by atoms with Gasteiger partial charge in [-0.25, -0.2) is 4.79 Å². The molecule has 1 aromatic carbocycles. The second kappa shape index (κ2) is 15.3. The van der Waals surface area contributed by atoms with Gasteiger partial charge in [-0.05, 0) is 50.3 Å². The first-order chi connectivity index (χ1) is 17.7. The Kier molecular flexibility index (Phi) is 13.3. The zero-order valence-corrected chi connectivity index (χ0v) is 23.6. The van der Waals surface area contributed by atoms with Crippen LogP contribution in [0.2, 0.25) is 0 Å². The maximum Gasteiger partial charge on any atom is 0.508 e. The number of carboxylic acids is 1. The molecule has 1 rings (SSSR count). The van der Waals surface area contributed by atoms with Gasteiger partial charge in [0, 0.05) is 25.7 Å². The fraction of sp³-hybridized carbons (Fsp3) is 0.643. The number of carbonyl (C=O) groups excluding carboxylic acids is 3. The number of esters is 2. The summed E-state index contributed by atoms with van der Waals surface area (Å²) in [5.74, 6) is -1.99. The molecule has 0 amide bonds. The second-order valence-corrected chi connectivity index (χ2v) is 10.4. The van der Waals surface area contributed by atoms with Crippen molar-refractivity contribution in [1.82, 2.24) is 0 Å². The summed E-state index contributed by atoms with van der Waals surface area (Å²) in [5, 5.41) is 9.89. The van der Waals surface area contributed by atoms with Crippen molar-refractivity contribution in [2.75, 3.05) is 0 Å². The maximum absolute atomic E-state index is 12.5. The molecule has 10 heteroatoms. The van der Waals surface area contributed by atoms with Gasteiger partial charge >= 0.3 is 24.1 Å². The van der Waals surface area contributed by atoms with Crippen LogP contribution in [0, 0.1) is 11.8 Å². The lowest BCUT2D eigenvalue weighted by molar-refractivity contribution is -0.145. The summed E-state index contributed by atoms with van der Waals surface area (Å²) in [6, 6.07) is 4.46. The largest absolute Gasteiger partial charge is 0.508 e. The molecule has 0 radical (unpaired) electrons. The zero-order valence-electron chi connectivity index (χ0n) is 23.6. The van der Waals surface area contributed by atoms with Gasteiger partial charge in [-0.15, -0.1) is 0 Å². The van der Waals surface area contributed by atoms with Crippen LogP contribution in [-0.4, -0.2) is 46.9 Å².